The van der Waals surface area contributed by atoms with Gasteiger partial charge in [-0.3, -0.25) is 4.79 Å². The Bertz CT molecular complexity index is 642. The molecule has 0 aliphatic heterocycles. The number of aromatic nitrogens is 2. The number of benzene rings is 1. The van der Waals surface area contributed by atoms with Crippen LogP contribution in [0.2, 0.25) is 0 Å². The van der Waals surface area contributed by atoms with Gasteiger partial charge in [-0.25, -0.2) is 8.78 Å². The summed E-state index contributed by atoms with van der Waals surface area (Å²) in [5, 5.41) is 6.11. The lowest BCUT2D eigenvalue weighted by Gasteiger charge is -2.07. The molecule has 6 nitrogen and oxygen atoms in total. The maximum atomic E-state index is 13.1. The molecule has 1 heterocycles. The highest BCUT2D eigenvalue weighted by Crippen LogP contribution is 2.16. The van der Waals surface area contributed by atoms with Gasteiger partial charge >= 0.3 is 0 Å². The molecule has 8 heteroatoms. The van der Waals surface area contributed by atoms with E-state index in [-0.39, 0.29) is 17.8 Å². The number of nitrogen functional groups attached to an aromatic ring is 1. The van der Waals surface area contributed by atoms with Crippen molar-refractivity contribution in [1.29, 1.82) is 0 Å². The second kappa shape index (κ2) is 5.64. The molecule has 2 aromatic rings. The standard InChI is InChI=1S/C12H12F2N4O2/c1-6-17-11(20-18-6)2-3-16-12(19)7-4-8(13)9(14)5-10(7)15/h4-5H,2-3,15H2,1H3,(H,16,19). The number of halogens is 2. The summed E-state index contributed by atoms with van der Waals surface area (Å²) in [7, 11) is 0. The van der Waals surface area contributed by atoms with E-state index in [1.807, 2.05) is 0 Å². The van der Waals surface area contributed by atoms with Gasteiger partial charge in [-0.15, -0.1) is 0 Å². The van der Waals surface area contributed by atoms with E-state index in [2.05, 4.69) is 15.5 Å². The maximum Gasteiger partial charge on any atom is 0.253 e. The molecule has 0 spiro atoms. The van der Waals surface area contributed by atoms with E-state index in [9.17, 15) is 13.6 Å². The molecule has 2 rings (SSSR count). The van der Waals surface area contributed by atoms with Crippen LogP contribution in [0, 0.1) is 18.6 Å². The summed E-state index contributed by atoms with van der Waals surface area (Å²) < 4.78 is 30.8. The quantitative estimate of drug-likeness (QED) is 0.822. The van der Waals surface area contributed by atoms with Crippen LogP contribution in [-0.2, 0) is 6.42 Å². The average molecular weight is 282 g/mol. The predicted molar refractivity (Wildman–Crippen MR) is 65.8 cm³/mol. The van der Waals surface area contributed by atoms with Crippen LogP contribution in [0.5, 0.6) is 0 Å². The molecule has 0 aliphatic rings. The Labute approximate surface area is 113 Å². The molecular weight excluding hydrogens is 270 g/mol. The third kappa shape index (κ3) is 3.08. The average Bonchev–Trinajstić information content (AvgIpc) is 2.79. The minimum Gasteiger partial charge on any atom is -0.398 e. The third-order valence-corrected chi connectivity index (χ3v) is 2.53. The molecular formula is C12H12F2N4O2. The van der Waals surface area contributed by atoms with Crippen LogP contribution < -0.4 is 11.1 Å². The Hall–Kier alpha value is -2.51. The third-order valence-electron chi connectivity index (χ3n) is 2.53. The van der Waals surface area contributed by atoms with Gasteiger partial charge in [-0.2, -0.15) is 4.98 Å². The van der Waals surface area contributed by atoms with Crippen LogP contribution in [0.3, 0.4) is 0 Å². The van der Waals surface area contributed by atoms with Crippen molar-refractivity contribution in [2.24, 2.45) is 0 Å². The Morgan fingerprint density at radius 1 is 1.40 bits per heavy atom. The number of anilines is 1. The van der Waals surface area contributed by atoms with E-state index in [4.69, 9.17) is 10.3 Å². The second-order valence-corrected chi connectivity index (χ2v) is 4.09. The number of nitrogens with zero attached hydrogens (tertiary/aromatic N) is 2. The molecule has 3 N–H and O–H groups in total. The fraction of sp³-hybridized carbons (Fsp3) is 0.250. The largest absolute Gasteiger partial charge is 0.398 e. The van der Waals surface area contributed by atoms with Gasteiger partial charge in [-0.1, -0.05) is 5.16 Å². The Kier molecular flexibility index (Phi) is 3.92. The zero-order valence-electron chi connectivity index (χ0n) is 10.6. The summed E-state index contributed by atoms with van der Waals surface area (Å²) in [6.45, 7) is 1.88. The van der Waals surface area contributed by atoms with Crippen molar-refractivity contribution in [1.82, 2.24) is 15.5 Å². The summed E-state index contributed by atoms with van der Waals surface area (Å²) in [6.07, 6.45) is 0.330. The van der Waals surface area contributed by atoms with E-state index in [1.165, 1.54) is 0 Å². The fourth-order valence-electron chi connectivity index (χ4n) is 1.58. The topological polar surface area (TPSA) is 94.0 Å². The molecule has 1 aromatic heterocycles. The highest BCUT2D eigenvalue weighted by Gasteiger charge is 2.14. The molecule has 0 atom stereocenters. The minimum atomic E-state index is -1.13. The van der Waals surface area contributed by atoms with Gasteiger partial charge in [0.15, 0.2) is 17.5 Å². The van der Waals surface area contributed by atoms with Gasteiger partial charge in [-0.05, 0) is 13.0 Å². The number of aryl methyl sites for hydroxylation is 1. The molecule has 0 saturated carbocycles. The molecule has 0 bridgehead atoms. The van der Waals surface area contributed by atoms with Crippen molar-refractivity contribution < 1.29 is 18.1 Å². The zero-order valence-corrected chi connectivity index (χ0v) is 10.6. The monoisotopic (exact) mass is 282 g/mol. The highest BCUT2D eigenvalue weighted by atomic mass is 19.2. The van der Waals surface area contributed by atoms with Crippen LogP contribution in [0.1, 0.15) is 22.1 Å². The number of carbonyl (C=O) groups excluding carboxylic acids is 1. The molecule has 0 unspecified atom stereocenters. The maximum absolute atomic E-state index is 13.1. The van der Waals surface area contributed by atoms with E-state index in [0.717, 1.165) is 12.1 Å². The lowest BCUT2D eigenvalue weighted by Crippen LogP contribution is -2.26. The van der Waals surface area contributed by atoms with Crippen molar-refractivity contribution in [2.75, 3.05) is 12.3 Å². The van der Waals surface area contributed by atoms with E-state index in [0.29, 0.717) is 18.1 Å². The first-order valence-corrected chi connectivity index (χ1v) is 5.79. The molecule has 0 aliphatic carbocycles. The number of amides is 1. The van der Waals surface area contributed by atoms with Gasteiger partial charge in [0.05, 0.1) is 5.56 Å². The Morgan fingerprint density at radius 3 is 2.75 bits per heavy atom. The lowest BCUT2D eigenvalue weighted by atomic mass is 10.1. The number of nitrogens with two attached hydrogens (primary N) is 1. The van der Waals surface area contributed by atoms with E-state index < -0.39 is 17.5 Å². The van der Waals surface area contributed by atoms with Gasteiger partial charge in [0.2, 0.25) is 5.89 Å². The number of nitrogens with one attached hydrogen (secondary N) is 1. The molecule has 106 valence electrons. The van der Waals surface area contributed by atoms with Crippen LogP contribution in [-0.4, -0.2) is 22.6 Å². The van der Waals surface area contributed by atoms with Crippen LogP contribution >= 0.6 is 0 Å². The van der Waals surface area contributed by atoms with Gasteiger partial charge < -0.3 is 15.6 Å². The van der Waals surface area contributed by atoms with Crippen molar-refractivity contribution in [3.05, 3.63) is 41.0 Å². The fourth-order valence-corrected chi connectivity index (χ4v) is 1.58. The molecule has 20 heavy (non-hydrogen) atoms. The lowest BCUT2D eigenvalue weighted by molar-refractivity contribution is 0.0953. The summed E-state index contributed by atoms with van der Waals surface area (Å²) >= 11 is 0. The summed E-state index contributed by atoms with van der Waals surface area (Å²) in [6, 6.07) is 1.53. The number of rotatable bonds is 4. The van der Waals surface area contributed by atoms with Crippen molar-refractivity contribution in [3.63, 3.8) is 0 Å². The molecule has 1 aromatic carbocycles. The zero-order chi connectivity index (χ0) is 14.7. The van der Waals surface area contributed by atoms with E-state index >= 15 is 0 Å². The van der Waals surface area contributed by atoms with Gasteiger partial charge in [0, 0.05) is 24.7 Å². The smallest absolute Gasteiger partial charge is 0.253 e. The minimum absolute atomic E-state index is 0.120. The van der Waals surface area contributed by atoms with Crippen LogP contribution in [0.4, 0.5) is 14.5 Å². The molecule has 0 radical (unpaired) electrons. The summed E-state index contributed by atoms with van der Waals surface area (Å²) in [5.41, 5.74) is 5.22. The van der Waals surface area contributed by atoms with Crippen LogP contribution in [0.15, 0.2) is 16.7 Å². The summed E-state index contributed by atoms with van der Waals surface area (Å²) in [5.74, 6) is -1.95. The number of carbonyl (C=O) groups is 1. The number of hydrogen-bond acceptors (Lipinski definition) is 5. The van der Waals surface area contributed by atoms with Crippen molar-refractivity contribution in [3.8, 4) is 0 Å². The number of hydrogen-bond donors (Lipinski definition) is 2. The van der Waals surface area contributed by atoms with Crippen LogP contribution in [0.25, 0.3) is 0 Å². The second-order valence-electron chi connectivity index (χ2n) is 4.09. The van der Waals surface area contributed by atoms with Gasteiger partial charge in [0.25, 0.3) is 5.91 Å². The van der Waals surface area contributed by atoms with E-state index in [1.54, 1.807) is 6.92 Å². The van der Waals surface area contributed by atoms with Crippen molar-refractivity contribution in [2.45, 2.75) is 13.3 Å². The highest BCUT2D eigenvalue weighted by molar-refractivity contribution is 5.99. The van der Waals surface area contributed by atoms with Gasteiger partial charge in [0.1, 0.15) is 0 Å². The molecule has 0 saturated heterocycles. The molecule has 0 fully saturated rings. The predicted octanol–water partition coefficient (Wildman–Crippen LogP) is 1.21. The normalized spacial score (nSPS) is 10.6. The molecule has 1 amide bonds. The Balaban J connectivity index is 1.97. The SMILES string of the molecule is Cc1noc(CCNC(=O)c2cc(F)c(F)cc2N)n1. The van der Waals surface area contributed by atoms with Crippen molar-refractivity contribution >= 4 is 11.6 Å². The first-order valence-electron chi connectivity index (χ1n) is 5.79. The Morgan fingerprint density at radius 2 is 2.10 bits per heavy atom. The summed E-state index contributed by atoms with van der Waals surface area (Å²) in [4.78, 5) is 15.7. The first-order chi connectivity index (χ1) is 9.47. The first kappa shape index (κ1) is 13.9.